The second-order valence-electron chi connectivity index (χ2n) is 3.61. The Balaban J connectivity index is 2.84. The minimum Gasteiger partial charge on any atom is -0.359 e. The van der Waals surface area contributed by atoms with Crippen LogP contribution in [0.5, 0.6) is 0 Å². The van der Waals surface area contributed by atoms with Gasteiger partial charge in [0, 0.05) is 12.7 Å². The van der Waals surface area contributed by atoms with Gasteiger partial charge < -0.3 is 10.6 Å². The summed E-state index contributed by atoms with van der Waals surface area (Å²) in [4.78, 5) is 22.6. The molecule has 5 heteroatoms. The number of nitrogens with one attached hydrogen (secondary N) is 2. The van der Waals surface area contributed by atoms with Crippen LogP contribution in [-0.2, 0) is 16.0 Å². The number of carbonyl (C=O) groups is 2. The average molecular weight is 299 g/mol. The summed E-state index contributed by atoms with van der Waals surface area (Å²) in [6.45, 7) is 1.75. The zero-order chi connectivity index (χ0) is 12.8. The van der Waals surface area contributed by atoms with Crippen LogP contribution in [0.2, 0.25) is 0 Å². The zero-order valence-corrected chi connectivity index (χ0v) is 11.4. The summed E-state index contributed by atoms with van der Waals surface area (Å²) in [5.41, 5.74) is 1.47. The summed E-state index contributed by atoms with van der Waals surface area (Å²) < 4.78 is 0. The van der Waals surface area contributed by atoms with Gasteiger partial charge in [0.05, 0.1) is 11.2 Å². The lowest BCUT2D eigenvalue weighted by Gasteiger charge is -2.11. The summed E-state index contributed by atoms with van der Waals surface area (Å²) in [7, 11) is 1.59. The lowest BCUT2D eigenvalue weighted by atomic mass is 10.1. The smallest absolute Gasteiger partial charge is 0.237 e. The van der Waals surface area contributed by atoms with Crippen molar-refractivity contribution < 1.29 is 9.59 Å². The molecule has 1 atom stereocenters. The van der Waals surface area contributed by atoms with Gasteiger partial charge in [-0.3, -0.25) is 9.59 Å². The second kappa shape index (κ2) is 6.39. The fraction of sp³-hybridized carbons (Fsp3) is 0.333. The van der Waals surface area contributed by atoms with Crippen LogP contribution in [0, 0.1) is 0 Å². The van der Waals surface area contributed by atoms with Gasteiger partial charge in [-0.05, 0) is 18.6 Å². The number of rotatable bonds is 4. The van der Waals surface area contributed by atoms with E-state index in [1.54, 1.807) is 20.0 Å². The van der Waals surface area contributed by atoms with E-state index in [1.165, 1.54) is 0 Å². The third-order valence-electron chi connectivity index (χ3n) is 2.27. The molecule has 0 aliphatic rings. The third kappa shape index (κ3) is 4.19. The van der Waals surface area contributed by atoms with Crippen LogP contribution in [0.15, 0.2) is 24.3 Å². The van der Waals surface area contributed by atoms with Crippen LogP contribution in [0.1, 0.15) is 12.5 Å². The summed E-state index contributed by atoms with van der Waals surface area (Å²) in [6.07, 6.45) is 0.254. The fourth-order valence-electron chi connectivity index (χ4n) is 1.29. The first-order valence-corrected chi connectivity index (χ1v) is 6.19. The number of likely N-dealkylation sites (N-methyl/N-ethyl adjacent to an activating group) is 1. The van der Waals surface area contributed by atoms with Gasteiger partial charge in [-0.15, -0.1) is 0 Å². The van der Waals surface area contributed by atoms with Crippen molar-refractivity contribution in [2.75, 3.05) is 12.4 Å². The zero-order valence-electron chi connectivity index (χ0n) is 9.79. The van der Waals surface area contributed by atoms with E-state index >= 15 is 0 Å². The molecule has 0 bridgehead atoms. The normalized spacial score (nSPS) is 11.7. The highest BCUT2D eigenvalue weighted by molar-refractivity contribution is 9.10. The molecule has 0 aromatic heterocycles. The molecule has 0 heterocycles. The number of para-hydroxylation sites is 1. The van der Waals surface area contributed by atoms with Crippen molar-refractivity contribution in [3.63, 3.8) is 0 Å². The highest BCUT2D eigenvalue weighted by atomic mass is 79.9. The van der Waals surface area contributed by atoms with Gasteiger partial charge in [-0.2, -0.15) is 0 Å². The Morgan fingerprint density at radius 3 is 2.59 bits per heavy atom. The van der Waals surface area contributed by atoms with Crippen LogP contribution in [-0.4, -0.2) is 23.7 Å². The number of anilines is 1. The summed E-state index contributed by atoms with van der Waals surface area (Å²) in [6, 6.07) is 7.27. The van der Waals surface area contributed by atoms with Crippen molar-refractivity contribution in [1.29, 1.82) is 0 Å². The van der Waals surface area contributed by atoms with Crippen molar-refractivity contribution in [2.45, 2.75) is 18.2 Å². The lowest BCUT2D eigenvalue weighted by molar-refractivity contribution is -0.120. The van der Waals surface area contributed by atoms with E-state index in [0.29, 0.717) is 5.69 Å². The maximum atomic E-state index is 11.6. The summed E-state index contributed by atoms with van der Waals surface area (Å²) >= 11 is 3.20. The molecule has 1 aromatic rings. The molecule has 2 N–H and O–H groups in total. The first-order valence-electron chi connectivity index (χ1n) is 5.28. The Kier molecular flexibility index (Phi) is 5.15. The van der Waals surface area contributed by atoms with E-state index in [9.17, 15) is 9.59 Å². The first-order chi connectivity index (χ1) is 8.04. The summed E-state index contributed by atoms with van der Waals surface area (Å²) in [5.74, 6) is -0.215. The number of alkyl halides is 1. The number of halogens is 1. The largest absolute Gasteiger partial charge is 0.359 e. The predicted molar refractivity (Wildman–Crippen MR) is 71.2 cm³/mol. The molecule has 2 amide bonds. The third-order valence-corrected chi connectivity index (χ3v) is 2.68. The lowest BCUT2D eigenvalue weighted by Crippen LogP contribution is -2.23. The molecule has 1 rings (SSSR count). The van der Waals surface area contributed by atoms with Crippen molar-refractivity contribution in [3.8, 4) is 0 Å². The topological polar surface area (TPSA) is 58.2 Å². The van der Waals surface area contributed by atoms with Crippen LogP contribution < -0.4 is 10.6 Å². The minimum absolute atomic E-state index is 0.0846. The molecular formula is C12H15BrN2O2. The Morgan fingerprint density at radius 1 is 1.35 bits per heavy atom. The minimum atomic E-state index is -0.268. The van der Waals surface area contributed by atoms with Gasteiger partial charge in [0.15, 0.2) is 0 Å². The van der Waals surface area contributed by atoms with Crippen LogP contribution in [0.25, 0.3) is 0 Å². The summed E-state index contributed by atoms with van der Waals surface area (Å²) in [5, 5.41) is 5.33. The van der Waals surface area contributed by atoms with E-state index in [4.69, 9.17) is 0 Å². The molecule has 0 saturated carbocycles. The molecule has 1 aromatic carbocycles. The SMILES string of the molecule is CNC(=O)Cc1ccccc1NC(=O)C(C)Br. The molecule has 0 aliphatic carbocycles. The van der Waals surface area contributed by atoms with Gasteiger partial charge in [-0.1, -0.05) is 34.1 Å². The monoisotopic (exact) mass is 298 g/mol. The van der Waals surface area contributed by atoms with Crippen molar-refractivity contribution in [2.24, 2.45) is 0 Å². The van der Waals surface area contributed by atoms with Crippen LogP contribution in [0.3, 0.4) is 0 Å². The van der Waals surface area contributed by atoms with Crippen molar-refractivity contribution in [1.82, 2.24) is 5.32 Å². The molecule has 0 radical (unpaired) electrons. The van der Waals surface area contributed by atoms with Gasteiger partial charge >= 0.3 is 0 Å². The first kappa shape index (κ1) is 13.7. The average Bonchev–Trinajstić information content (AvgIpc) is 2.31. The number of amides is 2. The van der Waals surface area contributed by atoms with Gasteiger partial charge in [0.25, 0.3) is 0 Å². The highest BCUT2D eigenvalue weighted by Gasteiger charge is 2.12. The van der Waals surface area contributed by atoms with Crippen molar-refractivity contribution >= 4 is 33.4 Å². The van der Waals surface area contributed by atoms with Gasteiger partial charge in [0.2, 0.25) is 11.8 Å². The Morgan fingerprint density at radius 2 is 2.00 bits per heavy atom. The maximum absolute atomic E-state index is 11.6. The molecule has 0 aliphatic heterocycles. The van der Waals surface area contributed by atoms with E-state index in [-0.39, 0.29) is 23.1 Å². The van der Waals surface area contributed by atoms with Gasteiger partial charge in [0.1, 0.15) is 0 Å². The molecule has 92 valence electrons. The van der Waals surface area contributed by atoms with Gasteiger partial charge in [-0.25, -0.2) is 0 Å². The molecule has 0 saturated heterocycles. The van der Waals surface area contributed by atoms with E-state index < -0.39 is 0 Å². The molecular weight excluding hydrogens is 284 g/mol. The maximum Gasteiger partial charge on any atom is 0.237 e. The molecule has 1 unspecified atom stereocenters. The molecule has 0 spiro atoms. The van der Waals surface area contributed by atoms with E-state index in [2.05, 4.69) is 26.6 Å². The number of hydrogen-bond donors (Lipinski definition) is 2. The predicted octanol–water partition coefficient (Wildman–Crippen LogP) is 1.70. The Hall–Kier alpha value is -1.36. The highest BCUT2D eigenvalue weighted by Crippen LogP contribution is 2.16. The van der Waals surface area contributed by atoms with Crippen LogP contribution in [0.4, 0.5) is 5.69 Å². The number of carbonyl (C=O) groups excluding carboxylic acids is 2. The second-order valence-corrected chi connectivity index (χ2v) is 4.99. The standard InChI is InChI=1S/C12H15BrN2O2/c1-8(13)12(17)15-10-6-4-3-5-9(10)7-11(16)14-2/h3-6,8H,7H2,1-2H3,(H,14,16)(H,15,17). The number of hydrogen-bond acceptors (Lipinski definition) is 2. The van der Waals surface area contributed by atoms with Crippen molar-refractivity contribution in [3.05, 3.63) is 29.8 Å². The quantitative estimate of drug-likeness (QED) is 0.831. The van der Waals surface area contributed by atoms with Crippen LogP contribution >= 0.6 is 15.9 Å². The van der Waals surface area contributed by atoms with E-state index in [0.717, 1.165) is 5.56 Å². The fourth-order valence-corrected chi connectivity index (χ4v) is 1.40. The Bertz CT molecular complexity index is 419. The number of benzene rings is 1. The molecule has 17 heavy (non-hydrogen) atoms. The Labute approximate surface area is 109 Å². The van der Waals surface area contributed by atoms with E-state index in [1.807, 2.05) is 18.2 Å². The molecule has 4 nitrogen and oxygen atoms in total. The molecule has 0 fully saturated rings.